The van der Waals surface area contributed by atoms with Crippen LogP contribution in [-0.2, 0) is 0 Å². The fraction of sp³-hybridized carbons (Fsp3) is 1.00. The molecule has 0 radical (unpaired) electrons. The highest BCUT2D eigenvalue weighted by molar-refractivity contribution is 4.97. The van der Waals surface area contributed by atoms with Crippen molar-refractivity contribution in [3.05, 3.63) is 0 Å². The van der Waals surface area contributed by atoms with Crippen molar-refractivity contribution in [2.75, 3.05) is 7.05 Å². The SMILES string of the molecule is CNC(C)(C)C1(C)CCCC1. The Bertz CT molecular complexity index is 132. The van der Waals surface area contributed by atoms with E-state index in [1.807, 2.05) is 0 Å². The first kappa shape index (κ1) is 9.05. The van der Waals surface area contributed by atoms with Crippen LogP contribution < -0.4 is 5.32 Å². The number of rotatable bonds is 2. The van der Waals surface area contributed by atoms with Gasteiger partial charge < -0.3 is 5.32 Å². The molecule has 1 saturated carbocycles. The van der Waals surface area contributed by atoms with Crippen LogP contribution in [0.25, 0.3) is 0 Å². The van der Waals surface area contributed by atoms with Crippen LogP contribution in [0.5, 0.6) is 0 Å². The van der Waals surface area contributed by atoms with Gasteiger partial charge in [0.15, 0.2) is 0 Å². The Morgan fingerprint density at radius 1 is 1.18 bits per heavy atom. The van der Waals surface area contributed by atoms with Gasteiger partial charge in [0.05, 0.1) is 0 Å². The molecular formula is C10H21N. The summed E-state index contributed by atoms with van der Waals surface area (Å²) < 4.78 is 0. The molecule has 0 bridgehead atoms. The van der Waals surface area contributed by atoms with E-state index >= 15 is 0 Å². The van der Waals surface area contributed by atoms with Crippen LogP contribution in [0.1, 0.15) is 46.5 Å². The summed E-state index contributed by atoms with van der Waals surface area (Å²) in [6, 6.07) is 0. The molecule has 0 saturated heterocycles. The van der Waals surface area contributed by atoms with Crippen LogP contribution in [-0.4, -0.2) is 12.6 Å². The van der Waals surface area contributed by atoms with Crippen LogP contribution in [0.3, 0.4) is 0 Å². The van der Waals surface area contributed by atoms with Crippen molar-refractivity contribution < 1.29 is 0 Å². The van der Waals surface area contributed by atoms with E-state index in [0.29, 0.717) is 11.0 Å². The molecule has 11 heavy (non-hydrogen) atoms. The molecule has 0 atom stereocenters. The first-order valence-corrected chi connectivity index (χ1v) is 4.71. The molecule has 1 heteroatoms. The number of hydrogen-bond acceptors (Lipinski definition) is 1. The van der Waals surface area contributed by atoms with Crippen LogP contribution >= 0.6 is 0 Å². The van der Waals surface area contributed by atoms with Crippen molar-refractivity contribution in [1.82, 2.24) is 5.32 Å². The van der Waals surface area contributed by atoms with Crippen molar-refractivity contribution in [3.8, 4) is 0 Å². The Morgan fingerprint density at radius 2 is 1.64 bits per heavy atom. The van der Waals surface area contributed by atoms with Gasteiger partial charge >= 0.3 is 0 Å². The summed E-state index contributed by atoms with van der Waals surface area (Å²) in [5, 5.41) is 3.42. The standard InChI is InChI=1S/C10H21N/c1-9(2,11-4)10(3)7-5-6-8-10/h11H,5-8H2,1-4H3. The number of nitrogens with one attached hydrogen (secondary N) is 1. The summed E-state index contributed by atoms with van der Waals surface area (Å²) in [5.41, 5.74) is 0.839. The zero-order chi connectivity index (χ0) is 8.54. The minimum atomic E-state index is 0.309. The topological polar surface area (TPSA) is 12.0 Å². The van der Waals surface area contributed by atoms with Gasteiger partial charge in [-0.1, -0.05) is 19.8 Å². The molecule has 0 spiro atoms. The highest BCUT2D eigenvalue weighted by Crippen LogP contribution is 2.45. The quantitative estimate of drug-likeness (QED) is 0.646. The van der Waals surface area contributed by atoms with Gasteiger partial charge in [-0.15, -0.1) is 0 Å². The maximum Gasteiger partial charge on any atom is 0.0175 e. The summed E-state index contributed by atoms with van der Waals surface area (Å²) >= 11 is 0. The van der Waals surface area contributed by atoms with E-state index in [1.54, 1.807) is 0 Å². The molecule has 0 unspecified atom stereocenters. The summed E-state index contributed by atoms with van der Waals surface area (Å²) in [6.07, 6.45) is 5.62. The molecule has 0 heterocycles. The molecule has 0 aromatic heterocycles. The highest BCUT2D eigenvalue weighted by Gasteiger charge is 2.41. The summed E-state index contributed by atoms with van der Waals surface area (Å²) in [6.45, 7) is 7.05. The summed E-state index contributed by atoms with van der Waals surface area (Å²) in [4.78, 5) is 0. The molecular weight excluding hydrogens is 134 g/mol. The van der Waals surface area contributed by atoms with Crippen molar-refractivity contribution in [2.45, 2.75) is 52.0 Å². The van der Waals surface area contributed by atoms with Crippen molar-refractivity contribution >= 4 is 0 Å². The van der Waals surface area contributed by atoms with E-state index in [4.69, 9.17) is 0 Å². The molecule has 0 aliphatic heterocycles. The Labute approximate surface area is 70.6 Å². The monoisotopic (exact) mass is 155 g/mol. The minimum Gasteiger partial charge on any atom is -0.314 e. The molecule has 0 aromatic rings. The lowest BCUT2D eigenvalue weighted by molar-refractivity contribution is 0.149. The molecule has 1 rings (SSSR count). The highest BCUT2D eigenvalue weighted by atomic mass is 14.9. The first-order chi connectivity index (χ1) is 5.02. The smallest absolute Gasteiger partial charge is 0.0175 e. The van der Waals surface area contributed by atoms with E-state index in [2.05, 4.69) is 33.1 Å². The summed E-state index contributed by atoms with van der Waals surface area (Å²) in [5.74, 6) is 0. The Morgan fingerprint density at radius 3 is 2.00 bits per heavy atom. The fourth-order valence-corrected chi connectivity index (χ4v) is 2.08. The molecule has 0 amide bonds. The minimum absolute atomic E-state index is 0.309. The second kappa shape index (κ2) is 2.78. The van der Waals surface area contributed by atoms with Crippen molar-refractivity contribution in [3.63, 3.8) is 0 Å². The zero-order valence-electron chi connectivity index (χ0n) is 8.33. The third kappa shape index (κ3) is 1.44. The van der Waals surface area contributed by atoms with E-state index < -0.39 is 0 Å². The molecule has 1 N–H and O–H groups in total. The Kier molecular flexibility index (Phi) is 2.29. The molecule has 66 valence electrons. The average Bonchev–Trinajstić information content (AvgIpc) is 2.38. The van der Waals surface area contributed by atoms with Gasteiger partial charge in [0.25, 0.3) is 0 Å². The van der Waals surface area contributed by atoms with E-state index in [1.165, 1.54) is 25.7 Å². The van der Waals surface area contributed by atoms with Crippen LogP contribution in [0.4, 0.5) is 0 Å². The van der Waals surface area contributed by atoms with Gasteiger partial charge in [0, 0.05) is 5.54 Å². The molecule has 1 nitrogen and oxygen atoms in total. The third-order valence-corrected chi connectivity index (χ3v) is 3.84. The normalized spacial score (nSPS) is 24.0. The van der Waals surface area contributed by atoms with Gasteiger partial charge in [0.1, 0.15) is 0 Å². The fourth-order valence-electron chi connectivity index (χ4n) is 2.08. The molecule has 1 aliphatic carbocycles. The largest absolute Gasteiger partial charge is 0.314 e. The van der Waals surface area contributed by atoms with Gasteiger partial charge in [-0.05, 0) is 39.2 Å². The lowest BCUT2D eigenvalue weighted by Crippen LogP contribution is -2.49. The Hall–Kier alpha value is -0.0400. The Balaban J connectivity index is 2.69. The maximum atomic E-state index is 3.42. The van der Waals surface area contributed by atoms with Crippen LogP contribution in [0, 0.1) is 5.41 Å². The van der Waals surface area contributed by atoms with Crippen LogP contribution in [0.15, 0.2) is 0 Å². The predicted molar refractivity (Wildman–Crippen MR) is 49.7 cm³/mol. The van der Waals surface area contributed by atoms with Gasteiger partial charge in [-0.3, -0.25) is 0 Å². The molecule has 1 aliphatic rings. The van der Waals surface area contributed by atoms with E-state index in [-0.39, 0.29) is 0 Å². The second-order valence-electron chi connectivity index (χ2n) is 4.64. The van der Waals surface area contributed by atoms with Crippen LogP contribution in [0.2, 0.25) is 0 Å². The van der Waals surface area contributed by atoms with Crippen molar-refractivity contribution in [2.24, 2.45) is 5.41 Å². The summed E-state index contributed by atoms with van der Waals surface area (Å²) in [7, 11) is 2.07. The average molecular weight is 155 g/mol. The lowest BCUT2D eigenvalue weighted by atomic mass is 9.72. The first-order valence-electron chi connectivity index (χ1n) is 4.71. The molecule has 1 fully saturated rings. The maximum absolute atomic E-state index is 3.42. The predicted octanol–water partition coefficient (Wildman–Crippen LogP) is 2.56. The third-order valence-electron chi connectivity index (χ3n) is 3.84. The second-order valence-corrected chi connectivity index (χ2v) is 4.64. The lowest BCUT2D eigenvalue weighted by Gasteiger charge is -2.41. The van der Waals surface area contributed by atoms with E-state index in [9.17, 15) is 0 Å². The zero-order valence-corrected chi connectivity index (χ0v) is 8.33. The van der Waals surface area contributed by atoms with E-state index in [0.717, 1.165) is 0 Å². The van der Waals surface area contributed by atoms with Gasteiger partial charge in [-0.25, -0.2) is 0 Å². The van der Waals surface area contributed by atoms with Crippen molar-refractivity contribution in [1.29, 1.82) is 0 Å². The van der Waals surface area contributed by atoms with Gasteiger partial charge in [-0.2, -0.15) is 0 Å². The molecule has 0 aromatic carbocycles. The van der Waals surface area contributed by atoms with Gasteiger partial charge in [0.2, 0.25) is 0 Å². The number of hydrogen-bond donors (Lipinski definition) is 1.